The monoisotopic (exact) mass is 262 g/mol. The van der Waals surface area contributed by atoms with Crippen LogP contribution in [0.4, 0.5) is 10.1 Å². The maximum absolute atomic E-state index is 12.8. The summed E-state index contributed by atoms with van der Waals surface area (Å²) in [6.45, 7) is 0. The highest BCUT2D eigenvalue weighted by atomic mass is 19.1. The van der Waals surface area contributed by atoms with Crippen LogP contribution in [0, 0.1) is 5.82 Å². The van der Waals surface area contributed by atoms with Gasteiger partial charge in [-0.3, -0.25) is 14.4 Å². The molecule has 0 N–H and O–H groups in total. The molecule has 1 fully saturated rings. The van der Waals surface area contributed by atoms with Crippen molar-refractivity contribution in [2.24, 2.45) is 0 Å². The van der Waals surface area contributed by atoms with Crippen LogP contribution in [0.1, 0.15) is 0 Å². The zero-order valence-corrected chi connectivity index (χ0v) is 10.4. The predicted molar refractivity (Wildman–Crippen MR) is 65.7 cm³/mol. The molecule has 2 amide bonds. The lowest BCUT2D eigenvalue weighted by atomic mass is 10.2. The highest BCUT2D eigenvalue weighted by Crippen LogP contribution is 2.24. The number of carbonyl (C=O) groups excluding carboxylic acids is 3. The number of amides is 2. The summed E-state index contributed by atoms with van der Waals surface area (Å²) in [5, 5.41) is 0. The van der Waals surface area contributed by atoms with Crippen LogP contribution in [-0.4, -0.2) is 36.6 Å². The Kier molecular flexibility index (Phi) is 3.16. The third-order valence-corrected chi connectivity index (χ3v) is 2.55. The van der Waals surface area contributed by atoms with Crippen LogP contribution < -0.4 is 4.90 Å². The Balaban J connectivity index is 2.43. The van der Waals surface area contributed by atoms with E-state index < -0.39 is 23.4 Å². The zero-order valence-electron chi connectivity index (χ0n) is 10.4. The number of hydrogen-bond donors (Lipinski definition) is 0. The van der Waals surface area contributed by atoms with Gasteiger partial charge in [0.05, 0.1) is 5.69 Å². The number of anilines is 1. The number of benzene rings is 1. The summed E-state index contributed by atoms with van der Waals surface area (Å²) in [6.07, 6.45) is 1.30. The fraction of sp³-hybridized carbons (Fsp3) is 0.154. The van der Waals surface area contributed by atoms with Gasteiger partial charge in [0.2, 0.25) is 0 Å². The van der Waals surface area contributed by atoms with Gasteiger partial charge >= 0.3 is 5.91 Å². The van der Waals surface area contributed by atoms with Crippen molar-refractivity contribution in [2.45, 2.75) is 0 Å². The van der Waals surface area contributed by atoms with Gasteiger partial charge in [-0.2, -0.15) is 0 Å². The molecular formula is C13H11FN2O3. The lowest BCUT2D eigenvalue weighted by Gasteiger charge is -2.12. The predicted octanol–water partition coefficient (Wildman–Crippen LogP) is 0.713. The van der Waals surface area contributed by atoms with Crippen molar-refractivity contribution in [3.05, 3.63) is 41.9 Å². The van der Waals surface area contributed by atoms with Crippen molar-refractivity contribution in [1.82, 2.24) is 4.90 Å². The van der Waals surface area contributed by atoms with Crippen LogP contribution in [0.2, 0.25) is 0 Å². The van der Waals surface area contributed by atoms with Crippen LogP contribution in [0.3, 0.4) is 0 Å². The van der Waals surface area contributed by atoms with Crippen molar-refractivity contribution in [1.29, 1.82) is 0 Å². The molecule has 0 saturated carbocycles. The van der Waals surface area contributed by atoms with Gasteiger partial charge in [0, 0.05) is 20.3 Å². The zero-order chi connectivity index (χ0) is 14.2. The molecule has 1 heterocycles. The first-order valence-corrected chi connectivity index (χ1v) is 5.48. The standard InChI is InChI=1S/C13H11FN2O3/c1-15(2)7-10-11(17)13(19)16(12(10)18)9-5-3-8(14)4-6-9/h3-7H,1-2H3/b10-7+. The van der Waals surface area contributed by atoms with Crippen LogP contribution in [0.15, 0.2) is 36.0 Å². The van der Waals surface area contributed by atoms with E-state index in [4.69, 9.17) is 0 Å². The van der Waals surface area contributed by atoms with E-state index >= 15 is 0 Å². The molecule has 1 aromatic carbocycles. The normalized spacial score (nSPS) is 17.5. The van der Waals surface area contributed by atoms with Gasteiger partial charge in [-0.05, 0) is 24.3 Å². The molecule has 0 unspecified atom stereocenters. The largest absolute Gasteiger partial charge is 0.383 e. The average molecular weight is 262 g/mol. The molecule has 0 atom stereocenters. The third-order valence-electron chi connectivity index (χ3n) is 2.55. The van der Waals surface area contributed by atoms with Gasteiger partial charge in [-0.25, -0.2) is 9.29 Å². The molecule has 19 heavy (non-hydrogen) atoms. The van der Waals surface area contributed by atoms with Gasteiger partial charge in [0.15, 0.2) is 0 Å². The van der Waals surface area contributed by atoms with Crippen LogP contribution in [0.5, 0.6) is 0 Å². The Hall–Kier alpha value is -2.50. The molecule has 5 nitrogen and oxygen atoms in total. The Bertz CT molecular complexity index is 590. The number of hydrogen-bond acceptors (Lipinski definition) is 4. The molecule has 98 valence electrons. The minimum Gasteiger partial charge on any atom is -0.383 e. The second-order valence-electron chi connectivity index (χ2n) is 4.26. The number of halogens is 1. The van der Waals surface area contributed by atoms with E-state index in [1.807, 2.05) is 0 Å². The number of nitrogens with zero attached hydrogens (tertiary/aromatic N) is 2. The molecule has 0 spiro atoms. The molecule has 1 aliphatic heterocycles. The number of ketones is 1. The molecular weight excluding hydrogens is 251 g/mol. The molecule has 0 bridgehead atoms. The number of imide groups is 1. The summed E-state index contributed by atoms with van der Waals surface area (Å²) in [6, 6.07) is 4.79. The minimum atomic E-state index is -0.926. The van der Waals surface area contributed by atoms with E-state index in [0.717, 1.165) is 17.0 Å². The number of rotatable bonds is 2. The van der Waals surface area contributed by atoms with Crippen molar-refractivity contribution < 1.29 is 18.8 Å². The summed E-state index contributed by atoms with van der Waals surface area (Å²) >= 11 is 0. The second kappa shape index (κ2) is 4.64. The summed E-state index contributed by atoms with van der Waals surface area (Å²) in [7, 11) is 3.27. The third kappa shape index (κ3) is 2.24. The van der Waals surface area contributed by atoms with Crippen LogP contribution >= 0.6 is 0 Å². The fourth-order valence-electron chi connectivity index (χ4n) is 1.72. The van der Waals surface area contributed by atoms with E-state index in [1.54, 1.807) is 14.1 Å². The average Bonchev–Trinajstić information content (AvgIpc) is 2.55. The summed E-state index contributed by atoms with van der Waals surface area (Å²) < 4.78 is 12.8. The Morgan fingerprint density at radius 3 is 2.16 bits per heavy atom. The van der Waals surface area contributed by atoms with Gasteiger partial charge in [-0.1, -0.05) is 0 Å². The molecule has 0 radical (unpaired) electrons. The lowest BCUT2D eigenvalue weighted by molar-refractivity contribution is -0.132. The van der Waals surface area contributed by atoms with Crippen molar-refractivity contribution in [3.63, 3.8) is 0 Å². The smallest absolute Gasteiger partial charge is 0.306 e. The molecule has 0 aliphatic carbocycles. The highest BCUT2D eigenvalue weighted by Gasteiger charge is 2.43. The minimum absolute atomic E-state index is 0.173. The Morgan fingerprint density at radius 2 is 1.63 bits per heavy atom. The first-order chi connectivity index (χ1) is 8.91. The molecule has 2 rings (SSSR count). The fourth-order valence-corrected chi connectivity index (χ4v) is 1.72. The van der Waals surface area contributed by atoms with Crippen molar-refractivity contribution in [3.8, 4) is 0 Å². The van der Waals surface area contributed by atoms with Gasteiger partial charge in [0.25, 0.3) is 11.7 Å². The maximum Gasteiger partial charge on any atom is 0.306 e. The number of carbonyl (C=O) groups is 3. The van der Waals surface area contributed by atoms with E-state index in [2.05, 4.69) is 0 Å². The quantitative estimate of drug-likeness (QED) is 0.341. The molecule has 0 aromatic heterocycles. The van der Waals surface area contributed by atoms with Gasteiger partial charge < -0.3 is 4.90 Å². The van der Waals surface area contributed by atoms with Crippen LogP contribution in [0.25, 0.3) is 0 Å². The Labute approximate surface area is 108 Å². The first kappa shape index (κ1) is 12.9. The first-order valence-electron chi connectivity index (χ1n) is 5.48. The molecule has 1 saturated heterocycles. The lowest BCUT2D eigenvalue weighted by Crippen LogP contribution is -2.30. The number of Topliss-reactive ketones (excluding diaryl/α,β-unsaturated/α-hetero) is 1. The van der Waals surface area contributed by atoms with E-state index in [0.29, 0.717) is 0 Å². The summed E-state index contributed by atoms with van der Waals surface area (Å²) in [5.41, 5.74) is -0.0220. The molecule has 1 aromatic rings. The maximum atomic E-state index is 12.8. The van der Waals surface area contributed by atoms with Crippen LogP contribution in [-0.2, 0) is 14.4 Å². The van der Waals surface area contributed by atoms with Gasteiger partial charge in [0.1, 0.15) is 11.4 Å². The second-order valence-corrected chi connectivity index (χ2v) is 4.26. The SMILES string of the molecule is CN(C)/C=C1\C(=O)C(=O)N(c2ccc(F)cc2)C1=O. The summed E-state index contributed by atoms with van der Waals surface area (Å²) in [4.78, 5) is 37.8. The topological polar surface area (TPSA) is 57.7 Å². The van der Waals surface area contributed by atoms with E-state index in [-0.39, 0.29) is 11.3 Å². The molecule has 6 heteroatoms. The Morgan fingerprint density at radius 1 is 1.05 bits per heavy atom. The van der Waals surface area contributed by atoms with Crippen molar-refractivity contribution >= 4 is 23.3 Å². The van der Waals surface area contributed by atoms with Crippen molar-refractivity contribution in [2.75, 3.05) is 19.0 Å². The van der Waals surface area contributed by atoms with E-state index in [1.165, 1.54) is 23.2 Å². The van der Waals surface area contributed by atoms with E-state index in [9.17, 15) is 18.8 Å². The highest BCUT2D eigenvalue weighted by molar-refractivity contribution is 6.63. The van der Waals surface area contributed by atoms with Gasteiger partial charge in [-0.15, -0.1) is 0 Å². The molecule has 1 aliphatic rings. The summed E-state index contributed by atoms with van der Waals surface area (Å²) in [5.74, 6) is -2.97.